The monoisotopic (exact) mass is 546 g/mol. The number of nitrogens with zero attached hydrogens (tertiary/aromatic N) is 4. The zero-order valence-corrected chi connectivity index (χ0v) is 22.9. The molecule has 0 fully saturated rings. The van der Waals surface area contributed by atoms with Gasteiger partial charge in [-0.15, -0.1) is 27.8 Å². The summed E-state index contributed by atoms with van der Waals surface area (Å²) in [6.07, 6.45) is 2.00. The maximum atomic E-state index is 6.20. The lowest BCUT2D eigenvalue weighted by Gasteiger charge is -2.12. The van der Waals surface area contributed by atoms with Crippen molar-refractivity contribution in [1.29, 1.82) is 0 Å². The molecule has 39 heavy (non-hydrogen) atoms. The summed E-state index contributed by atoms with van der Waals surface area (Å²) in [6.45, 7) is 2.47. The van der Waals surface area contributed by atoms with Gasteiger partial charge in [-0.05, 0) is 68.2 Å². The van der Waals surface area contributed by atoms with Crippen molar-refractivity contribution in [2.75, 3.05) is 0 Å². The number of rotatable bonds is 9. The molecule has 7 rings (SSSR count). The van der Waals surface area contributed by atoms with E-state index in [2.05, 4.69) is 117 Å². The molecule has 0 saturated carbocycles. The van der Waals surface area contributed by atoms with Crippen LogP contribution in [0.15, 0.2) is 108 Å². The summed E-state index contributed by atoms with van der Waals surface area (Å²) >= 11 is 3.53. The molecular weight excluding hydrogens is 521 g/mol. The summed E-state index contributed by atoms with van der Waals surface area (Å²) in [5.41, 5.74) is 4.52. The molecule has 0 radical (unpaired) electrons. The van der Waals surface area contributed by atoms with Crippen molar-refractivity contribution in [2.24, 2.45) is 0 Å². The molecule has 4 heterocycles. The predicted molar refractivity (Wildman–Crippen MR) is 161 cm³/mol. The molecule has 0 spiro atoms. The highest BCUT2D eigenvalue weighted by molar-refractivity contribution is 7.14. The van der Waals surface area contributed by atoms with Crippen molar-refractivity contribution in [1.82, 2.24) is 19.6 Å². The van der Waals surface area contributed by atoms with Crippen LogP contribution in [0.2, 0.25) is 0 Å². The number of aryl methyl sites for hydroxylation is 1. The summed E-state index contributed by atoms with van der Waals surface area (Å²) in [4.78, 5) is 2.54. The third kappa shape index (κ3) is 4.81. The standard InChI is InChI=1S/C32H26N4OS2/c1-3-9-26-23(7-1)19-24-8-2-4-10-27(24)28(26)22-37-21-25-20-35(34-33-25)15-16-36-29(31-11-5-17-38-31)13-14-30(36)32-12-6-18-39-32/h1-14,17-20H,15-16,21-22H2. The van der Waals surface area contributed by atoms with Gasteiger partial charge in [-0.2, -0.15) is 0 Å². The Balaban J connectivity index is 1.06. The first-order valence-corrected chi connectivity index (χ1v) is 14.7. The average molecular weight is 547 g/mol. The molecule has 0 saturated heterocycles. The number of benzene rings is 3. The second-order valence-corrected chi connectivity index (χ2v) is 11.4. The molecule has 0 N–H and O–H groups in total. The topological polar surface area (TPSA) is 44.9 Å². The molecule has 192 valence electrons. The molecule has 5 nitrogen and oxygen atoms in total. The minimum absolute atomic E-state index is 0.419. The number of fused-ring (bicyclic) bond motifs is 2. The quantitative estimate of drug-likeness (QED) is 0.171. The minimum Gasteiger partial charge on any atom is -0.370 e. The van der Waals surface area contributed by atoms with Gasteiger partial charge in [-0.25, -0.2) is 0 Å². The van der Waals surface area contributed by atoms with Gasteiger partial charge in [-0.3, -0.25) is 4.68 Å². The van der Waals surface area contributed by atoms with Crippen molar-refractivity contribution < 1.29 is 4.74 Å². The van der Waals surface area contributed by atoms with Crippen LogP contribution in [0.3, 0.4) is 0 Å². The van der Waals surface area contributed by atoms with Crippen LogP contribution < -0.4 is 0 Å². The summed E-state index contributed by atoms with van der Waals surface area (Å²) < 4.78 is 10.5. The van der Waals surface area contributed by atoms with Gasteiger partial charge < -0.3 is 9.30 Å². The second-order valence-electron chi connectivity index (χ2n) is 9.47. The van der Waals surface area contributed by atoms with Crippen molar-refractivity contribution >= 4 is 44.2 Å². The van der Waals surface area contributed by atoms with Crippen LogP contribution in [-0.4, -0.2) is 19.6 Å². The molecule has 4 aromatic heterocycles. The normalized spacial score (nSPS) is 11.6. The van der Waals surface area contributed by atoms with E-state index >= 15 is 0 Å². The summed E-state index contributed by atoms with van der Waals surface area (Å²) in [5.74, 6) is 0. The third-order valence-corrected chi connectivity index (χ3v) is 8.83. The van der Waals surface area contributed by atoms with Crippen LogP contribution in [0.1, 0.15) is 11.3 Å². The Bertz CT molecular complexity index is 1740. The molecule has 0 amide bonds. The van der Waals surface area contributed by atoms with Crippen LogP contribution in [0.25, 0.3) is 42.7 Å². The van der Waals surface area contributed by atoms with Crippen LogP contribution in [0, 0.1) is 0 Å². The molecule has 0 aliphatic rings. The number of aromatic nitrogens is 4. The lowest BCUT2D eigenvalue weighted by atomic mass is 9.97. The second kappa shape index (κ2) is 10.6. The summed E-state index contributed by atoms with van der Waals surface area (Å²) in [7, 11) is 0. The van der Waals surface area contributed by atoms with E-state index in [0.29, 0.717) is 13.2 Å². The zero-order valence-electron chi connectivity index (χ0n) is 21.2. The SMILES string of the molecule is c1csc(-c2ccc(-c3cccs3)n2CCn2cc(COCc3c4ccccc4cc4ccccc34)nn2)c1. The molecule has 0 unspecified atom stereocenters. The molecular formula is C32H26N4OS2. The lowest BCUT2D eigenvalue weighted by molar-refractivity contribution is 0.106. The van der Waals surface area contributed by atoms with E-state index in [4.69, 9.17) is 4.74 Å². The molecule has 7 heteroatoms. The first-order valence-electron chi connectivity index (χ1n) is 13.0. The van der Waals surface area contributed by atoms with Gasteiger partial charge in [0.1, 0.15) is 5.69 Å². The largest absolute Gasteiger partial charge is 0.370 e. The van der Waals surface area contributed by atoms with E-state index < -0.39 is 0 Å². The maximum Gasteiger partial charge on any atom is 0.108 e. The molecule has 3 aromatic carbocycles. The van der Waals surface area contributed by atoms with E-state index in [9.17, 15) is 0 Å². The Labute approximate surface area is 234 Å². The molecule has 0 bridgehead atoms. The van der Waals surface area contributed by atoms with Gasteiger partial charge >= 0.3 is 0 Å². The highest BCUT2D eigenvalue weighted by Gasteiger charge is 2.14. The highest BCUT2D eigenvalue weighted by Crippen LogP contribution is 2.34. The van der Waals surface area contributed by atoms with Gasteiger partial charge in [0.05, 0.1) is 47.1 Å². The Kier molecular flexibility index (Phi) is 6.54. The van der Waals surface area contributed by atoms with E-state index in [1.54, 1.807) is 22.7 Å². The predicted octanol–water partition coefficient (Wildman–Crippen LogP) is 8.26. The van der Waals surface area contributed by atoms with Crippen molar-refractivity contribution in [3.8, 4) is 21.1 Å². The van der Waals surface area contributed by atoms with Gasteiger partial charge in [0.15, 0.2) is 0 Å². The Morgan fingerprint density at radius 1 is 0.667 bits per heavy atom. The van der Waals surface area contributed by atoms with Crippen LogP contribution in [-0.2, 0) is 31.0 Å². The lowest BCUT2D eigenvalue weighted by Crippen LogP contribution is -2.09. The van der Waals surface area contributed by atoms with Crippen molar-refractivity contribution in [3.05, 3.63) is 119 Å². The number of thiophene rings is 2. The van der Waals surface area contributed by atoms with E-state index in [0.717, 1.165) is 18.8 Å². The van der Waals surface area contributed by atoms with Crippen LogP contribution in [0.4, 0.5) is 0 Å². The first kappa shape index (κ1) is 24.0. The number of ether oxygens (including phenoxy) is 1. The van der Waals surface area contributed by atoms with Crippen LogP contribution >= 0.6 is 22.7 Å². The number of hydrogen-bond donors (Lipinski definition) is 0. The maximum absolute atomic E-state index is 6.20. The fourth-order valence-corrected chi connectivity index (χ4v) is 6.74. The highest BCUT2D eigenvalue weighted by atomic mass is 32.1. The smallest absolute Gasteiger partial charge is 0.108 e. The Morgan fingerprint density at radius 3 is 1.92 bits per heavy atom. The molecule has 0 aliphatic carbocycles. The number of hydrogen-bond acceptors (Lipinski definition) is 5. The Morgan fingerprint density at radius 2 is 1.31 bits per heavy atom. The molecule has 7 aromatic rings. The van der Waals surface area contributed by atoms with Gasteiger partial charge in [0.25, 0.3) is 0 Å². The van der Waals surface area contributed by atoms with Gasteiger partial charge in [-0.1, -0.05) is 65.9 Å². The summed E-state index contributed by atoms with van der Waals surface area (Å²) in [5, 5.41) is 18.0. The fourth-order valence-electron chi connectivity index (χ4n) is 5.22. The van der Waals surface area contributed by atoms with Gasteiger partial charge in [0.2, 0.25) is 0 Å². The van der Waals surface area contributed by atoms with Crippen molar-refractivity contribution in [2.45, 2.75) is 26.3 Å². The average Bonchev–Trinajstić information content (AvgIpc) is 3.79. The fraction of sp³-hybridized carbons (Fsp3) is 0.125. The van der Waals surface area contributed by atoms with E-state index in [1.807, 2.05) is 10.9 Å². The zero-order chi connectivity index (χ0) is 26.0. The van der Waals surface area contributed by atoms with Gasteiger partial charge in [0, 0.05) is 6.54 Å². The molecule has 0 aliphatic heterocycles. The van der Waals surface area contributed by atoms with Crippen LogP contribution in [0.5, 0.6) is 0 Å². The third-order valence-electron chi connectivity index (χ3n) is 7.05. The molecule has 0 atom stereocenters. The Hall–Kier alpha value is -4.04. The minimum atomic E-state index is 0.419. The van der Waals surface area contributed by atoms with E-state index in [1.165, 1.54) is 48.3 Å². The summed E-state index contributed by atoms with van der Waals surface area (Å²) in [6, 6.07) is 32.3. The first-order chi connectivity index (χ1) is 19.3. The van der Waals surface area contributed by atoms with Crippen molar-refractivity contribution in [3.63, 3.8) is 0 Å². The van der Waals surface area contributed by atoms with E-state index in [-0.39, 0.29) is 0 Å².